The SMILES string of the molecule is Nc1ncc(F)c(NCCC(=O)N2CCCC2)n1. The summed E-state index contributed by atoms with van der Waals surface area (Å²) in [5, 5.41) is 2.75. The summed E-state index contributed by atoms with van der Waals surface area (Å²) >= 11 is 0. The molecule has 0 atom stereocenters. The van der Waals surface area contributed by atoms with E-state index in [1.165, 1.54) is 0 Å². The van der Waals surface area contributed by atoms with Crippen LogP contribution >= 0.6 is 0 Å². The normalized spacial score (nSPS) is 14.8. The van der Waals surface area contributed by atoms with Crippen LogP contribution in [-0.2, 0) is 4.79 Å². The summed E-state index contributed by atoms with van der Waals surface area (Å²) in [6, 6.07) is 0. The van der Waals surface area contributed by atoms with E-state index in [2.05, 4.69) is 15.3 Å². The molecule has 3 N–H and O–H groups in total. The smallest absolute Gasteiger partial charge is 0.224 e. The number of nitrogens with one attached hydrogen (secondary N) is 1. The molecule has 1 amide bonds. The molecule has 1 aromatic rings. The van der Waals surface area contributed by atoms with Crippen LogP contribution in [0.3, 0.4) is 0 Å². The van der Waals surface area contributed by atoms with Gasteiger partial charge in [-0.3, -0.25) is 4.79 Å². The van der Waals surface area contributed by atoms with Crippen molar-refractivity contribution in [2.75, 3.05) is 30.7 Å². The second-order valence-electron chi connectivity index (χ2n) is 4.19. The first kappa shape index (κ1) is 12.5. The zero-order valence-electron chi connectivity index (χ0n) is 10.0. The first-order valence-electron chi connectivity index (χ1n) is 5.96. The maximum Gasteiger partial charge on any atom is 0.224 e. The molecule has 0 saturated carbocycles. The zero-order valence-corrected chi connectivity index (χ0v) is 10.0. The lowest BCUT2D eigenvalue weighted by Gasteiger charge is -2.15. The van der Waals surface area contributed by atoms with Crippen molar-refractivity contribution in [1.29, 1.82) is 0 Å². The van der Waals surface area contributed by atoms with Crippen molar-refractivity contribution in [3.05, 3.63) is 12.0 Å². The summed E-state index contributed by atoms with van der Waals surface area (Å²) in [5.41, 5.74) is 5.35. The van der Waals surface area contributed by atoms with Gasteiger partial charge in [0, 0.05) is 26.1 Å². The van der Waals surface area contributed by atoms with Crippen LogP contribution in [0.2, 0.25) is 0 Å². The van der Waals surface area contributed by atoms with Gasteiger partial charge in [-0.2, -0.15) is 4.98 Å². The molecule has 0 unspecified atom stereocenters. The van der Waals surface area contributed by atoms with Gasteiger partial charge in [-0.15, -0.1) is 0 Å². The molecule has 0 radical (unpaired) electrons. The maximum atomic E-state index is 13.3. The van der Waals surface area contributed by atoms with Crippen LogP contribution in [0.25, 0.3) is 0 Å². The molecule has 1 fully saturated rings. The van der Waals surface area contributed by atoms with Crippen molar-refractivity contribution in [2.45, 2.75) is 19.3 Å². The van der Waals surface area contributed by atoms with Gasteiger partial charge in [0.1, 0.15) is 0 Å². The van der Waals surface area contributed by atoms with E-state index in [4.69, 9.17) is 5.73 Å². The number of hydrogen-bond acceptors (Lipinski definition) is 5. The van der Waals surface area contributed by atoms with Crippen LogP contribution in [0.15, 0.2) is 6.20 Å². The Labute approximate surface area is 104 Å². The van der Waals surface area contributed by atoms with Gasteiger partial charge in [0.25, 0.3) is 0 Å². The van der Waals surface area contributed by atoms with Crippen LogP contribution in [0.5, 0.6) is 0 Å². The Morgan fingerprint density at radius 3 is 2.94 bits per heavy atom. The molecule has 1 saturated heterocycles. The van der Waals surface area contributed by atoms with Crippen LogP contribution < -0.4 is 11.1 Å². The number of carbonyl (C=O) groups excluding carboxylic acids is 1. The molecule has 2 rings (SSSR count). The van der Waals surface area contributed by atoms with Crippen molar-refractivity contribution < 1.29 is 9.18 Å². The minimum absolute atomic E-state index is 0.00442. The van der Waals surface area contributed by atoms with E-state index in [1.807, 2.05) is 4.90 Å². The number of carbonyl (C=O) groups is 1. The molecule has 7 heteroatoms. The number of rotatable bonds is 4. The highest BCUT2D eigenvalue weighted by atomic mass is 19.1. The second-order valence-corrected chi connectivity index (χ2v) is 4.19. The molecule has 1 aliphatic rings. The number of halogens is 1. The van der Waals surface area contributed by atoms with Crippen molar-refractivity contribution in [3.63, 3.8) is 0 Å². The summed E-state index contributed by atoms with van der Waals surface area (Å²) < 4.78 is 13.3. The second kappa shape index (κ2) is 5.61. The molecule has 0 bridgehead atoms. The van der Waals surface area contributed by atoms with E-state index >= 15 is 0 Å². The lowest BCUT2D eigenvalue weighted by Crippen LogP contribution is -2.29. The van der Waals surface area contributed by atoms with Crippen molar-refractivity contribution >= 4 is 17.7 Å². The summed E-state index contributed by atoms with van der Waals surface area (Å²) in [4.78, 5) is 20.8. The van der Waals surface area contributed by atoms with E-state index in [9.17, 15) is 9.18 Å². The lowest BCUT2D eigenvalue weighted by atomic mass is 10.3. The molecular formula is C11H16FN5O. The number of nitrogen functional groups attached to an aromatic ring is 1. The fourth-order valence-corrected chi connectivity index (χ4v) is 1.92. The Hall–Kier alpha value is -1.92. The Kier molecular flexibility index (Phi) is 3.91. The molecule has 6 nitrogen and oxygen atoms in total. The molecule has 0 spiro atoms. The van der Waals surface area contributed by atoms with Gasteiger partial charge in [0.2, 0.25) is 11.9 Å². The van der Waals surface area contributed by atoms with E-state index in [-0.39, 0.29) is 17.7 Å². The molecule has 1 aromatic heterocycles. The van der Waals surface area contributed by atoms with Gasteiger partial charge < -0.3 is 16.0 Å². The van der Waals surface area contributed by atoms with Crippen LogP contribution in [0.1, 0.15) is 19.3 Å². The number of nitrogens with zero attached hydrogens (tertiary/aromatic N) is 3. The van der Waals surface area contributed by atoms with Gasteiger partial charge >= 0.3 is 0 Å². The summed E-state index contributed by atoms with van der Waals surface area (Å²) in [5.74, 6) is -0.443. The highest BCUT2D eigenvalue weighted by Crippen LogP contribution is 2.11. The van der Waals surface area contributed by atoms with Crippen LogP contribution in [-0.4, -0.2) is 40.4 Å². The van der Waals surface area contributed by atoms with E-state index in [0.29, 0.717) is 13.0 Å². The number of anilines is 2. The first-order chi connectivity index (χ1) is 8.66. The number of likely N-dealkylation sites (tertiary alicyclic amines) is 1. The highest BCUT2D eigenvalue weighted by Gasteiger charge is 2.17. The largest absolute Gasteiger partial charge is 0.368 e. The molecule has 0 aliphatic carbocycles. The van der Waals surface area contributed by atoms with E-state index in [1.54, 1.807) is 0 Å². The topological polar surface area (TPSA) is 84.1 Å². The summed E-state index contributed by atoms with van der Waals surface area (Å²) in [6.45, 7) is 1.99. The predicted molar refractivity (Wildman–Crippen MR) is 65.3 cm³/mol. The number of nitrogens with two attached hydrogens (primary N) is 1. The zero-order chi connectivity index (χ0) is 13.0. The molecule has 2 heterocycles. The van der Waals surface area contributed by atoms with Crippen molar-refractivity contribution in [3.8, 4) is 0 Å². The minimum atomic E-state index is -0.571. The average molecular weight is 253 g/mol. The Balaban J connectivity index is 1.81. The van der Waals surface area contributed by atoms with Crippen LogP contribution in [0.4, 0.5) is 16.2 Å². The summed E-state index contributed by atoms with van der Waals surface area (Å²) in [7, 11) is 0. The third kappa shape index (κ3) is 3.06. The van der Waals surface area contributed by atoms with Gasteiger partial charge in [0.15, 0.2) is 11.6 Å². The minimum Gasteiger partial charge on any atom is -0.368 e. The Morgan fingerprint density at radius 2 is 2.22 bits per heavy atom. The Bertz CT molecular complexity index is 433. The monoisotopic (exact) mass is 253 g/mol. The Morgan fingerprint density at radius 1 is 1.50 bits per heavy atom. The third-order valence-corrected chi connectivity index (χ3v) is 2.85. The average Bonchev–Trinajstić information content (AvgIpc) is 2.87. The van der Waals surface area contributed by atoms with Crippen molar-refractivity contribution in [2.24, 2.45) is 0 Å². The van der Waals surface area contributed by atoms with Gasteiger partial charge in [0.05, 0.1) is 6.20 Å². The number of aromatic nitrogens is 2. The van der Waals surface area contributed by atoms with Gasteiger partial charge in [-0.1, -0.05) is 0 Å². The number of amides is 1. The van der Waals surface area contributed by atoms with E-state index in [0.717, 1.165) is 32.1 Å². The predicted octanol–water partition coefficient (Wildman–Crippen LogP) is 0.622. The highest BCUT2D eigenvalue weighted by molar-refractivity contribution is 5.76. The quantitative estimate of drug-likeness (QED) is 0.822. The third-order valence-electron chi connectivity index (χ3n) is 2.85. The first-order valence-corrected chi connectivity index (χ1v) is 5.96. The fourth-order valence-electron chi connectivity index (χ4n) is 1.92. The fraction of sp³-hybridized carbons (Fsp3) is 0.545. The molecule has 18 heavy (non-hydrogen) atoms. The standard InChI is InChI=1S/C11H16FN5O/c12-8-7-15-11(13)16-10(8)14-4-3-9(18)17-5-1-2-6-17/h7H,1-6H2,(H3,13,14,15,16). The van der Waals surface area contributed by atoms with Gasteiger partial charge in [-0.05, 0) is 12.8 Å². The maximum absolute atomic E-state index is 13.3. The molecule has 1 aliphatic heterocycles. The van der Waals surface area contributed by atoms with Gasteiger partial charge in [-0.25, -0.2) is 9.37 Å². The molecular weight excluding hydrogens is 237 g/mol. The molecule has 98 valence electrons. The van der Waals surface area contributed by atoms with Crippen LogP contribution in [0, 0.1) is 5.82 Å². The molecule has 0 aromatic carbocycles. The summed E-state index contributed by atoms with van der Waals surface area (Å²) in [6.07, 6.45) is 3.46. The van der Waals surface area contributed by atoms with Crippen molar-refractivity contribution in [1.82, 2.24) is 14.9 Å². The number of hydrogen-bond donors (Lipinski definition) is 2. The lowest BCUT2D eigenvalue weighted by molar-refractivity contribution is -0.129. The van der Waals surface area contributed by atoms with E-state index < -0.39 is 5.82 Å².